The zero-order chi connectivity index (χ0) is 26.1. The van der Waals surface area contributed by atoms with Crippen LogP contribution in [0.3, 0.4) is 0 Å². The lowest BCUT2D eigenvalue weighted by molar-refractivity contribution is -0.122. The summed E-state index contributed by atoms with van der Waals surface area (Å²) in [5, 5.41) is 3.20. The minimum Gasteiger partial charge on any atom is -0.349 e. The molecule has 7 nitrogen and oxygen atoms in total. The Hall–Kier alpha value is -2.71. The number of sulfonamides is 1. The van der Waals surface area contributed by atoms with Crippen molar-refractivity contribution in [2.75, 3.05) is 14.1 Å². The van der Waals surface area contributed by atoms with Crippen LogP contribution in [-0.2, 0) is 33.7 Å². The molecule has 3 aromatic rings. The molecule has 190 valence electrons. The molecule has 0 radical (unpaired) electrons. The van der Waals surface area contributed by atoms with Gasteiger partial charge in [-0.1, -0.05) is 58.9 Å². The maximum Gasteiger partial charge on any atom is 0.242 e. The molecule has 0 fully saturated rings. The molecule has 0 aliphatic rings. The molecule has 0 unspecified atom stereocenters. The summed E-state index contributed by atoms with van der Waals surface area (Å²) in [7, 11) is 1.36. The highest BCUT2D eigenvalue weighted by Crippen LogP contribution is 2.27. The predicted molar refractivity (Wildman–Crippen MR) is 141 cm³/mol. The number of hydrogen-bond donors (Lipinski definition) is 1. The van der Waals surface area contributed by atoms with Gasteiger partial charge in [0.2, 0.25) is 15.9 Å². The van der Waals surface area contributed by atoms with Crippen LogP contribution in [0.1, 0.15) is 64.0 Å². The quantitative estimate of drug-likeness (QED) is 0.493. The Morgan fingerprint density at radius 2 is 1.71 bits per heavy atom. The molecule has 0 bridgehead atoms. The number of carbonyl (C=O) groups excluding carboxylic acids is 1. The highest BCUT2D eigenvalue weighted by molar-refractivity contribution is 7.89. The molecule has 0 saturated heterocycles. The molecule has 0 aliphatic carbocycles. The molecule has 1 aromatic heterocycles. The Labute approximate surface area is 209 Å². The molecule has 1 atom stereocenters. The average Bonchev–Trinajstić information content (AvgIpc) is 3.10. The molecular weight excluding hydrogens is 460 g/mol. The standard InChI is InChI=1S/C27H38N4O3S/c1-18(2)26(19-9-11-20(12-10-19)27(3,4)5)29-25(32)16-15-24-28-22-17-21(35(33,34)30(6)7)13-14-23(22)31(24)8/h9-14,17-18,26H,15-16H2,1-8H3,(H,29,32)/t26-/m0/s1. The number of nitrogens with one attached hydrogen (secondary N) is 1. The Morgan fingerprint density at radius 1 is 1.09 bits per heavy atom. The van der Waals surface area contributed by atoms with E-state index in [1.807, 2.05) is 11.6 Å². The molecule has 8 heteroatoms. The van der Waals surface area contributed by atoms with Crippen molar-refractivity contribution >= 4 is 27.0 Å². The van der Waals surface area contributed by atoms with Gasteiger partial charge in [0.25, 0.3) is 0 Å². The van der Waals surface area contributed by atoms with Crippen molar-refractivity contribution in [1.29, 1.82) is 0 Å². The van der Waals surface area contributed by atoms with Crippen molar-refractivity contribution in [3.05, 3.63) is 59.4 Å². The number of fused-ring (bicyclic) bond motifs is 1. The first-order valence-corrected chi connectivity index (χ1v) is 13.4. The Morgan fingerprint density at radius 3 is 2.26 bits per heavy atom. The number of nitrogens with zero attached hydrogens (tertiary/aromatic N) is 3. The number of carbonyl (C=O) groups is 1. The second-order valence-corrected chi connectivity index (χ2v) is 12.8. The molecular formula is C27H38N4O3S. The van der Waals surface area contributed by atoms with Crippen LogP contribution in [0.5, 0.6) is 0 Å². The lowest BCUT2D eigenvalue weighted by Crippen LogP contribution is -2.32. The zero-order valence-corrected chi connectivity index (χ0v) is 22.9. The van der Waals surface area contributed by atoms with Crippen molar-refractivity contribution in [2.45, 2.75) is 63.8 Å². The summed E-state index contributed by atoms with van der Waals surface area (Å²) >= 11 is 0. The van der Waals surface area contributed by atoms with E-state index < -0.39 is 10.0 Å². The monoisotopic (exact) mass is 498 g/mol. The van der Waals surface area contributed by atoms with Gasteiger partial charge in [0.15, 0.2) is 0 Å². The molecule has 1 amide bonds. The van der Waals surface area contributed by atoms with E-state index in [0.29, 0.717) is 18.4 Å². The minimum atomic E-state index is -3.54. The van der Waals surface area contributed by atoms with Crippen LogP contribution in [-0.4, -0.2) is 42.3 Å². The first kappa shape index (κ1) is 26.9. The average molecular weight is 499 g/mol. The number of imidazole rings is 1. The molecule has 0 spiro atoms. The highest BCUT2D eigenvalue weighted by Gasteiger charge is 2.22. The van der Waals surface area contributed by atoms with E-state index >= 15 is 0 Å². The summed E-state index contributed by atoms with van der Waals surface area (Å²) in [6.07, 6.45) is 0.754. The lowest BCUT2D eigenvalue weighted by Gasteiger charge is -2.25. The van der Waals surface area contributed by atoms with Crippen LogP contribution in [0.25, 0.3) is 11.0 Å². The molecule has 1 heterocycles. The van der Waals surface area contributed by atoms with Gasteiger partial charge in [-0.15, -0.1) is 0 Å². The SMILES string of the molecule is CC(C)[C@H](NC(=O)CCc1nc2cc(S(=O)(=O)N(C)C)ccc2n1C)c1ccc(C(C)(C)C)cc1. The number of aromatic nitrogens is 2. The first-order chi connectivity index (χ1) is 16.2. The van der Waals surface area contributed by atoms with Crippen molar-refractivity contribution in [2.24, 2.45) is 13.0 Å². The number of aryl methyl sites for hydroxylation is 2. The van der Waals surface area contributed by atoms with Crippen LogP contribution in [0.2, 0.25) is 0 Å². The Bertz CT molecular complexity index is 1300. The number of hydrogen-bond acceptors (Lipinski definition) is 4. The minimum absolute atomic E-state index is 0.0356. The molecule has 0 aliphatic heterocycles. The van der Waals surface area contributed by atoms with Gasteiger partial charge in [0, 0.05) is 34.0 Å². The topological polar surface area (TPSA) is 84.3 Å². The van der Waals surface area contributed by atoms with E-state index in [9.17, 15) is 13.2 Å². The van der Waals surface area contributed by atoms with Gasteiger partial charge in [-0.05, 0) is 40.7 Å². The van der Waals surface area contributed by atoms with Crippen molar-refractivity contribution in [3.63, 3.8) is 0 Å². The van der Waals surface area contributed by atoms with E-state index in [1.54, 1.807) is 18.2 Å². The van der Waals surface area contributed by atoms with Gasteiger partial charge < -0.3 is 9.88 Å². The molecule has 0 saturated carbocycles. The third-order valence-electron chi connectivity index (χ3n) is 6.42. The normalized spacial score (nSPS) is 13.5. The van der Waals surface area contributed by atoms with E-state index in [4.69, 9.17) is 0 Å². The van der Waals surface area contributed by atoms with Crippen LogP contribution in [0.4, 0.5) is 0 Å². The smallest absolute Gasteiger partial charge is 0.242 e. The maximum absolute atomic E-state index is 12.9. The lowest BCUT2D eigenvalue weighted by atomic mass is 9.85. The fourth-order valence-electron chi connectivity index (χ4n) is 4.12. The second kappa shape index (κ2) is 10.1. The van der Waals surface area contributed by atoms with Gasteiger partial charge >= 0.3 is 0 Å². The maximum atomic E-state index is 12.9. The third-order valence-corrected chi connectivity index (χ3v) is 8.23. The highest BCUT2D eigenvalue weighted by atomic mass is 32.2. The summed E-state index contributed by atoms with van der Waals surface area (Å²) in [4.78, 5) is 17.7. The zero-order valence-electron chi connectivity index (χ0n) is 22.1. The van der Waals surface area contributed by atoms with Crippen LogP contribution in [0.15, 0.2) is 47.4 Å². The van der Waals surface area contributed by atoms with Crippen LogP contribution in [0, 0.1) is 5.92 Å². The van der Waals surface area contributed by atoms with Gasteiger partial charge in [-0.25, -0.2) is 17.7 Å². The summed E-state index contributed by atoms with van der Waals surface area (Å²) in [6, 6.07) is 13.4. The van der Waals surface area contributed by atoms with E-state index in [1.165, 1.54) is 24.0 Å². The van der Waals surface area contributed by atoms with Gasteiger partial charge in [0.05, 0.1) is 22.0 Å². The van der Waals surface area contributed by atoms with E-state index in [2.05, 4.69) is 69.2 Å². The fourth-order valence-corrected chi connectivity index (χ4v) is 5.04. The second-order valence-electron chi connectivity index (χ2n) is 10.7. The van der Waals surface area contributed by atoms with Crippen molar-refractivity contribution in [3.8, 4) is 0 Å². The van der Waals surface area contributed by atoms with Gasteiger partial charge in [-0.2, -0.15) is 0 Å². The Kier molecular flexibility index (Phi) is 7.77. The predicted octanol–water partition coefficient (Wildman–Crippen LogP) is 4.57. The summed E-state index contributed by atoms with van der Waals surface area (Å²) in [5.41, 5.74) is 3.87. The number of benzene rings is 2. The molecule has 3 rings (SSSR count). The van der Waals surface area contributed by atoms with Crippen LogP contribution < -0.4 is 5.32 Å². The van der Waals surface area contributed by atoms with Gasteiger partial charge in [0.1, 0.15) is 5.82 Å². The number of amides is 1. The van der Waals surface area contributed by atoms with Gasteiger partial charge in [-0.3, -0.25) is 4.79 Å². The van der Waals surface area contributed by atoms with E-state index in [-0.39, 0.29) is 28.2 Å². The largest absolute Gasteiger partial charge is 0.349 e. The van der Waals surface area contributed by atoms with Crippen molar-refractivity contribution < 1.29 is 13.2 Å². The molecule has 2 aromatic carbocycles. The third kappa shape index (κ3) is 5.93. The molecule has 1 N–H and O–H groups in total. The van der Waals surface area contributed by atoms with Crippen LogP contribution >= 0.6 is 0 Å². The summed E-state index contributed by atoms with van der Waals surface area (Å²) < 4.78 is 28.0. The van der Waals surface area contributed by atoms with E-state index in [0.717, 1.165) is 16.9 Å². The summed E-state index contributed by atoms with van der Waals surface area (Å²) in [6.45, 7) is 10.8. The Balaban J connectivity index is 1.73. The number of rotatable bonds is 8. The first-order valence-electron chi connectivity index (χ1n) is 12.0. The fraction of sp³-hybridized carbons (Fsp3) is 0.481. The summed E-state index contributed by atoms with van der Waals surface area (Å²) in [5.74, 6) is 0.948. The van der Waals surface area contributed by atoms with Crippen molar-refractivity contribution in [1.82, 2.24) is 19.2 Å². The molecule has 35 heavy (non-hydrogen) atoms.